The van der Waals surface area contributed by atoms with Crippen molar-refractivity contribution in [2.75, 3.05) is 12.3 Å². The summed E-state index contributed by atoms with van der Waals surface area (Å²) in [4.78, 5) is 0. The second kappa shape index (κ2) is 3.45. The first-order valence-electron chi connectivity index (χ1n) is 4.88. The Morgan fingerprint density at radius 2 is 2.08 bits per heavy atom. The van der Waals surface area contributed by atoms with Crippen molar-refractivity contribution in [1.29, 1.82) is 0 Å². The molecule has 0 aromatic carbocycles. The summed E-state index contributed by atoms with van der Waals surface area (Å²) in [6.45, 7) is 5.68. The first-order valence-corrected chi connectivity index (χ1v) is 6.96. The van der Waals surface area contributed by atoms with E-state index in [0.717, 1.165) is 17.6 Å². The highest BCUT2D eigenvalue weighted by Crippen LogP contribution is 2.60. The van der Waals surface area contributed by atoms with Crippen LogP contribution in [0.2, 0.25) is 0 Å². The molecule has 0 saturated carbocycles. The van der Waals surface area contributed by atoms with Gasteiger partial charge in [0.15, 0.2) is 13.4 Å². The second-order valence-corrected chi connectivity index (χ2v) is 7.79. The fourth-order valence-corrected chi connectivity index (χ4v) is 4.84. The molecule has 0 aliphatic carbocycles. The number of rotatable bonds is 3. The Morgan fingerprint density at radius 1 is 1.54 bits per heavy atom. The third kappa shape index (κ3) is 1.43. The average Bonchev–Trinajstić information content (AvgIpc) is 2.47. The van der Waals surface area contributed by atoms with Crippen LogP contribution in [0, 0.1) is 5.21 Å². The van der Waals surface area contributed by atoms with Crippen LogP contribution in [0.5, 0.6) is 0 Å². The summed E-state index contributed by atoms with van der Waals surface area (Å²) in [5.74, 6) is 0. The number of nitrogens with zero attached hydrogens (tertiary/aromatic N) is 1. The second-order valence-electron chi connectivity index (χ2n) is 3.79. The molecule has 0 aromatic heterocycles. The van der Waals surface area contributed by atoms with Gasteiger partial charge in [-0.3, -0.25) is 0 Å². The Labute approximate surface area is 79.8 Å². The minimum absolute atomic E-state index is 0.615. The summed E-state index contributed by atoms with van der Waals surface area (Å²) < 4.78 is 13.4. The van der Waals surface area contributed by atoms with E-state index in [1.165, 1.54) is 0 Å². The zero-order valence-corrected chi connectivity index (χ0v) is 9.51. The highest BCUT2D eigenvalue weighted by Gasteiger charge is 2.50. The lowest BCUT2D eigenvalue weighted by Crippen LogP contribution is -2.33. The highest BCUT2D eigenvalue weighted by atomic mass is 31.2. The van der Waals surface area contributed by atoms with E-state index in [9.17, 15) is 9.77 Å². The van der Waals surface area contributed by atoms with E-state index in [-0.39, 0.29) is 0 Å². The number of hydrogen-bond acceptors (Lipinski definition) is 2. The molecule has 1 rings (SSSR count). The van der Waals surface area contributed by atoms with E-state index in [2.05, 4.69) is 0 Å². The van der Waals surface area contributed by atoms with Crippen LogP contribution in [0.3, 0.4) is 0 Å². The van der Waals surface area contributed by atoms with E-state index < -0.39 is 12.4 Å². The molecule has 1 aliphatic heterocycles. The van der Waals surface area contributed by atoms with Gasteiger partial charge < -0.3 is 9.77 Å². The van der Waals surface area contributed by atoms with E-state index in [4.69, 9.17) is 0 Å². The average molecular weight is 203 g/mol. The van der Waals surface area contributed by atoms with Gasteiger partial charge in [-0.2, -0.15) is 0 Å². The minimum Gasteiger partial charge on any atom is -0.623 e. The van der Waals surface area contributed by atoms with E-state index >= 15 is 0 Å². The summed E-state index contributed by atoms with van der Waals surface area (Å²) in [5.41, 5.74) is 0. The predicted octanol–water partition coefficient (Wildman–Crippen LogP) is 2.48. The first-order chi connectivity index (χ1) is 6.00. The Bertz CT molecular complexity index is 267. The molecule has 4 heteroatoms. The lowest BCUT2D eigenvalue weighted by Gasteiger charge is -2.31. The maximum Gasteiger partial charge on any atom is 0.220 e. The third-order valence-corrected chi connectivity index (χ3v) is 7.51. The van der Waals surface area contributed by atoms with E-state index in [1.54, 1.807) is 6.21 Å². The van der Waals surface area contributed by atoms with Gasteiger partial charge in [0.25, 0.3) is 0 Å². The van der Waals surface area contributed by atoms with Crippen molar-refractivity contribution >= 4 is 13.4 Å². The molecule has 0 fully saturated rings. The van der Waals surface area contributed by atoms with Crippen LogP contribution in [0.4, 0.5) is 0 Å². The molecule has 0 aromatic rings. The molecule has 0 spiro atoms. The zero-order valence-electron chi connectivity index (χ0n) is 8.62. The number of hydroxylamine groups is 1. The quantitative estimate of drug-likeness (QED) is 0.401. The summed E-state index contributed by atoms with van der Waals surface area (Å²) in [5, 5.41) is 10.9. The molecule has 0 saturated heterocycles. The lowest BCUT2D eigenvalue weighted by atomic mass is 10.2. The smallest absolute Gasteiger partial charge is 0.220 e. The topological polar surface area (TPSA) is 43.1 Å². The molecule has 0 bridgehead atoms. The van der Waals surface area contributed by atoms with E-state index in [0.29, 0.717) is 12.3 Å². The van der Waals surface area contributed by atoms with Crippen LogP contribution in [0.1, 0.15) is 33.6 Å². The van der Waals surface area contributed by atoms with Crippen LogP contribution in [0.25, 0.3) is 0 Å². The van der Waals surface area contributed by atoms with E-state index in [1.807, 2.05) is 20.8 Å². The summed E-state index contributed by atoms with van der Waals surface area (Å²) in [7, 11) is -2.31. The summed E-state index contributed by atoms with van der Waals surface area (Å²) in [6, 6.07) is 0. The van der Waals surface area contributed by atoms with Crippen LogP contribution in [-0.4, -0.2) is 28.6 Å². The zero-order chi connectivity index (χ0) is 10.1. The van der Waals surface area contributed by atoms with Crippen molar-refractivity contribution in [3.63, 3.8) is 0 Å². The van der Waals surface area contributed by atoms with Gasteiger partial charge in [-0.1, -0.05) is 13.8 Å². The standard InChI is InChI=1S/C9H18NO2P/c1-4-13(12,5-2)9(3)7-6-8-10(9)11/h8H,4-7H2,1-3H3. The minimum atomic E-state index is -2.31. The fourth-order valence-electron chi connectivity index (χ4n) is 2.05. The molecule has 1 aliphatic rings. The Kier molecular flexibility index (Phi) is 2.86. The van der Waals surface area contributed by atoms with Crippen molar-refractivity contribution < 1.29 is 9.30 Å². The largest absolute Gasteiger partial charge is 0.623 e. The fraction of sp³-hybridized carbons (Fsp3) is 0.889. The van der Waals surface area contributed by atoms with Gasteiger partial charge in [-0.05, 0) is 0 Å². The molecular weight excluding hydrogens is 185 g/mol. The SMILES string of the molecule is CCP(=O)(CC)C1(C)CCC=[N+]1[O-]. The molecule has 0 radical (unpaired) electrons. The molecule has 0 N–H and O–H groups in total. The van der Waals surface area contributed by atoms with Gasteiger partial charge in [0, 0.05) is 32.1 Å². The van der Waals surface area contributed by atoms with Crippen LogP contribution < -0.4 is 0 Å². The summed E-state index contributed by atoms with van der Waals surface area (Å²) >= 11 is 0. The monoisotopic (exact) mass is 203 g/mol. The lowest BCUT2D eigenvalue weighted by molar-refractivity contribution is -0.503. The molecule has 1 heterocycles. The summed E-state index contributed by atoms with van der Waals surface area (Å²) in [6.07, 6.45) is 4.40. The van der Waals surface area contributed by atoms with Crippen molar-refractivity contribution in [2.45, 2.75) is 38.9 Å². The third-order valence-electron chi connectivity index (χ3n) is 3.29. The van der Waals surface area contributed by atoms with Gasteiger partial charge in [0.2, 0.25) is 5.28 Å². The van der Waals surface area contributed by atoms with Crippen LogP contribution in [0.15, 0.2) is 0 Å². The van der Waals surface area contributed by atoms with Gasteiger partial charge in [0.05, 0.1) is 0 Å². The number of hydrogen-bond donors (Lipinski definition) is 0. The predicted molar refractivity (Wildman–Crippen MR) is 56.0 cm³/mol. The molecule has 3 nitrogen and oxygen atoms in total. The van der Waals surface area contributed by atoms with Gasteiger partial charge in [0.1, 0.15) is 0 Å². The van der Waals surface area contributed by atoms with Gasteiger partial charge in [-0.25, -0.2) is 4.74 Å². The van der Waals surface area contributed by atoms with Gasteiger partial charge >= 0.3 is 0 Å². The van der Waals surface area contributed by atoms with Gasteiger partial charge in [-0.15, -0.1) is 0 Å². The maximum atomic E-state index is 12.4. The molecule has 1 atom stereocenters. The molecule has 76 valence electrons. The first kappa shape index (κ1) is 10.8. The van der Waals surface area contributed by atoms with Crippen molar-refractivity contribution in [3.8, 4) is 0 Å². The van der Waals surface area contributed by atoms with Crippen molar-refractivity contribution in [1.82, 2.24) is 0 Å². The molecule has 13 heavy (non-hydrogen) atoms. The van der Waals surface area contributed by atoms with Crippen LogP contribution in [-0.2, 0) is 4.57 Å². The highest BCUT2D eigenvalue weighted by molar-refractivity contribution is 7.65. The Balaban J connectivity index is 3.05. The van der Waals surface area contributed by atoms with Crippen LogP contribution >= 0.6 is 7.14 Å². The maximum absolute atomic E-state index is 12.4. The molecular formula is C9H18NO2P. The van der Waals surface area contributed by atoms with Crippen molar-refractivity contribution in [3.05, 3.63) is 5.21 Å². The normalized spacial score (nSPS) is 29.0. The van der Waals surface area contributed by atoms with Crippen molar-refractivity contribution in [2.24, 2.45) is 0 Å². The molecule has 0 amide bonds. The Hall–Kier alpha value is -0.300. The Morgan fingerprint density at radius 3 is 2.38 bits per heavy atom. The molecule has 1 unspecified atom stereocenters.